The van der Waals surface area contributed by atoms with E-state index in [1.165, 1.54) is 0 Å². The summed E-state index contributed by atoms with van der Waals surface area (Å²) in [6.07, 6.45) is 2.10. The third kappa shape index (κ3) is 6.74. The van der Waals surface area contributed by atoms with Gasteiger partial charge in [0.25, 0.3) is 0 Å². The monoisotopic (exact) mass is 361 g/mol. The lowest BCUT2D eigenvalue weighted by molar-refractivity contribution is -0.123. The molecule has 3 N–H and O–H groups in total. The van der Waals surface area contributed by atoms with Gasteiger partial charge in [0, 0.05) is 13.0 Å². The number of hydrogen-bond acceptors (Lipinski definition) is 4. The second-order valence-corrected chi connectivity index (χ2v) is 6.83. The fraction of sp³-hybridized carbons (Fsp3) is 0.526. The first-order chi connectivity index (χ1) is 12.4. The van der Waals surface area contributed by atoms with Gasteiger partial charge in [-0.05, 0) is 42.9 Å². The van der Waals surface area contributed by atoms with Crippen LogP contribution in [0.1, 0.15) is 38.7 Å². The van der Waals surface area contributed by atoms with Gasteiger partial charge < -0.3 is 15.4 Å². The van der Waals surface area contributed by atoms with Gasteiger partial charge in [-0.25, -0.2) is 4.79 Å². The maximum atomic E-state index is 12.2. The third-order valence-corrected chi connectivity index (χ3v) is 4.11. The van der Waals surface area contributed by atoms with Crippen molar-refractivity contribution in [3.05, 3.63) is 29.8 Å². The maximum absolute atomic E-state index is 12.2. The van der Waals surface area contributed by atoms with Crippen molar-refractivity contribution in [2.45, 2.75) is 45.6 Å². The average molecular weight is 361 g/mol. The molecule has 142 valence electrons. The van der Waals surface area contributed by atoms with E-state index in [-0.39, 0.29) is 18.2 Å². The number of carbonyl (C=O) groups excluding carboxylic acids is 3. The zero-order valence-corrected chi connectivity index (χ0v) is 15.3. The van der Waals surface area contributed by atoms with Crippen molar-refractivity contribution in [3.8, 4) is 5.75 Å². The molecule has 1 aromatic carbocycles. The van der Waals surface area contributed by atoms with Crippen LogP contribution in [-0.4, -0.2) is 37.0 Å². The fourth-order valence-corrected chi connectivity index (χ4v) is 2.58. The van der Waals surface area contributed by atoms with E-state index in [0.717, 1.165) is 17.7 Å². The Labute approximate surface area is 153 Å². The molecule has 0 unspecified atom stereocenters. The van der Waals surface area contributed by atoms with Crippen LogP contribution in [0.4, 0.5) is 4.79 Å². The van der Waals surface area contributed by atoms with Crippen LogP contribution < -0.4 is 20.7 Å². The molecule has 26 heavy (non-hydrogen) atoms. The highest BCUT2D eigenvalue weighted by atomic mass is 16.5. The summed E-state index contributed by atoms with van der Waals surface area (Å²) in [5.74, 6) is 0.782. The van der Waals surface area contributed by atoms with Crippen molar-refractivity contribution in [3.63, 3.8) is 0 Å². The SMILES string of the molecule is CC(C)CCOc1cccc(CCNC(=O)[C@H]2CCC(=O)NC(=O)N2)c1. The molecular weight excluding hydrogens is 334 g/mol. The van der Waals surface area contributed by atoms with Crippen LogP contribution in [0.2, 0.25) is 0 Å². The Morgan fingerprint density at radius 1 is 1.35 bits per heavy atom. The van der Waals surface area contributed by atoms with E-state index in [2.05, 4.69) is 29.8 Å². The molecule has 2 rings (SSSR count). The summed E-state index contributed by atoms with van der Waals surface area (Å²) in [6, 6.07) is 6.50. The largest absolute Gasteiger partial charge is 0.494 e. The number of urea groups is 1. The Kier molecular flexibility index (Phi) is 7.44. The van der Waals surface area contributed by atoms with Crippen molar-refractivity contribution in [1.29, 1.82) is 0 Å². The van der Waals surface area contributed by atoms with Crippen molar-refractivity contribution in [1.82, 2.24) is 16.0 Å². The topological polar surface area (TPSA) is 96.5 Å². The highest BCUT2D eigenvalue weighted by Crippen LogP contribution is 2.14. The Morgan fingerprint density at radius 3 is 2.92 bits per heavy atom. The zero-order chi connectivity index (χ0) is 18.9. The maximum Gasteiger partial charge on any atom is 0.322 e. The number of benzene rings is 1. The summed E-state index contributed by atoms with van der Waals surface area (Å²) in [7, 11) is 0. The smallest absolute Gasteiger partial charge is 0.322 e. The summed E-state index contributed by atoms with van der Waals surface area (Å²) in [5, 5.41) is 7.46. The second-order valence-electron chi connectivity index (χ2n) is 6.83. The van der Waals surface area contributed by atoms with E-state index in [9.17, 15) is 14.4 Å². The Morgan fingerprint density at radius 2 is 2.15 bits per heavy atom. The molecule has 1 aliphatic rings. The van der Waals surface area contributed by atoms with Crippen LogP contribution >= 0.6 is 0 Å². The van der Waals surface area contributed by atoms with Gasteiger partial charge in [0.05, 0.1) is 6.61 Å². The van der Waals surface area contributed by atoms with Crippen LogP contribution in [0.5, 0.6) is 5.75 Å². The first-order valence-corrected chi connectivity index (χ1v) is 9.04. The molecule has 1 saturated heterocycles. The lowest BCUT2D eigenvalue weighted by Gasteiger charge is -2.15. The summed E-state index contributed by atoms with van der Waals surface area (Å²) in [5.41, 5.74) is 1.06. The molecule has 1 aliphatic heterocycles. The standard InChI is InChI=1S/C19H27N3O4/c1-13(2)9-11-26-15-5-3-4-14(12-15)8-10-20-18(24)16-6-7-17(23)22-19(25)21-16/h3-5,12-13,16H,6-11H2,1-2H3,(H,20,24)(H2,21,22,23,25)/t16-/m1/s1. The molecule has 0 spiro atoms. The number of hydrogen-bond donors (Lipinski definition) is 3. The van der Waals surface area contributed by atoms with E-state index >= 15 is 0 Å². The van der Waals surface area contributed by atoms with Crippen molar-refractivity contribution in [2.24, 2.45) is 5.92 Å². The van der Waals surface area contributed by atoms with Gasteiger partial charge >= 0.3 is 6.03 Å². The number of imide groups is 1. The molecule has 0 radical (unpaired) electrons. The van der Waals surface area contributed by atoms with Gasteiger partial charge in [-0.1, -0.05) is 26.0 Å². The predicted molar refractivity (Wildman–Crippen MR) is 97.8 cm³/mol. The van der Waals surface area contributed by atoms with Gasteiger partial charge in [-0.2, -0.15) is 0 Å². The highest BCUT2D eigenvalue weighted by Gasteiger charge is 2.25. The number of nitrogens with one attached hydrogen (secondary N) is 3. The number of rotatable bonds is 8. The number of carbonyl (C=O) groups is 3. The van der Waals surface area contributed by atoms with Crippen LogP contribution in [0.15, 0.2) is 24.3 Å². The van der Waals surface area contributed by atoms with Crippen LogP contribution in [0.25, 0.3) is 0 Å². The van der Waals surface area contributed by atoms with Gasteiger partial charge in [0.2, 0.25) is 11.8 Å². The summed E-state index contributed by atoms with van der Waals surface area (Å²) in [6.45, 7) is 5.45. The molecule has 1 fully saturated rings. The molecular formula is C19H27N3O4. The van der Waals surface area contributed by atoms with Gasteiger partial charge in [0.15, 0.2) is 0 Å². The zero-order valence-electron chi connectivity index (χ0n) is 15.3. The minimum Gasteiger partial charge on any atom is -0.494 e. The summed E-state index contributed by atoms with van der Waals surface area (Å²) in [4.78, 5) is 34.9. The molecule has 7 nitrogen and oxygen atoms in total. The van der Waals surface area contributed by atoms with E-state index in [1.807, 2.05) is 24.3 Å². The molecule has 4 amide bonds. The molecule has 0 bridgehead atoms. The van der Waals surface area contributed by atoms with Crippen molar-refractivity contribution < 1.29 is 19.1 Å². The third-order valence-electron chi connectivity index (χ3n) is 4.11. The first-order valence-electron chi connectivity index (χ1n) is 9.04. The second kappa shape index (κ2) is 9.79. The lowest BCUT2D eigenvalue weighted by Crippen LogP contribution is -2.48. The molecule has 0 saturated carbocycles. The van der Waals surface area contributed by atoms with Crippen LogP contribution in [0.3, 0.4) is 0 Å². The van der Waals surface area contributed by atoms with Gasteiger partial charge in [-0.3, -0.25) is 14.9 Å². The fourth-order valence-electron chi connectivity index (χ4n) is 2.58. The van der Waals surface area contributed by atoms with Crippen LogP contribution in [0, 0.1) is 5.92 Å². The average Bonchev–Trinajstić information content (AvgIpc) is 2.75. The number of ether oxygens (including phenoxy) is 1. The molecule has 0 aliphatic carbocycles. The van der Waals surface area contributed by atoms with Crippen molar-refractivity contribution >= 4 is 17.8 Å². The Bertz CT molecular complexity index is 645. The molecule has 0 aromatic heterocycles. The Hall–Kier alpha value is -2.57. The van der Waals surface area contributed by atoms with Gasteiger partial charge in [-0.15, -0.1) is 0 Å². The summed E-state index contributed by atoms with van der Waals surface area (Å²) < 4.78 is 5.74. The molecule has 1 atom stereocenters. The molecule has 7 heteroatoms. The van der Waals surface area contributed by atoms with E-state index in [0.29, 0.717) is 31.9 Å². The Balaban J connectivity index is 1.77. The minimum absolute atomic E-state index is 0.145. The van der Waals surface area contributed by atoms with Crippen molar-refractivity contribution in [2.75, 3.05) is 13.2 Å². The van der Waals surface area contributed by atoms with E-state index in [4.69, 9.17) is 4.74 Å². The summed E-state index contributed by atoms with van der Waals surface area (Å²) >= 11 is 0. The predicted octanol–water partition coefficient (Wildman–Crippen LogP) is 1.76. The first kappa shape index (κ1) is 19.8. The highest BCUT2D eigenvalue weighted by molar-refractivity contribution is 5.98. The quantitative estimate of drug-likeness (QED) is 0.657. The molecule has 1 heterocycles. The lowest BCUT2D eigenvalue weighted by atomic mass is 10.1. The van der Waals surface area contributed by atoms with Crippen LogP contribution in [-0.2, 0) is 16.0 Å². The number of amides is 4. The molecule has 1 aromatic rings. The van der Waals surface area contributed by atoms with E-state index in [1.54, 1.807) is 0 Å². The normalized spacial score (nSPS) is 17.3. The minimum atomic E-state index is -0.688. The van der Waals surface area contributed by atoms with Gasteiger partial charge in [0.1, 0.15) is 11.8 Å². The van der Waals surface area contributed by atoms with E-state index < -0.39 is 12.1 Å².